The summed E-state index contributed by atoms with van der Waals surface area (Å²) in [6.45, 7) is 2.17. The summed E-state index contributed by atoms with van der Waals surface area (Å²) < 4.78 is 0. The molecule has 0 saturated heterocycles. The van der Waals surface area contributed by atoms with Crippen molar-refractivity contribution in [3.8, 4) is 10.7 Å². The molecule has 2 heterocycles. The quantitative estimate of drug-likeness (QED) is 0.813. The number of nitrogens with one attached hydrogen (secondary N) is 1. The van der Waals surface area contributed by atoms with Crippen molar-refractivity contribution >= 4 is 23.1 Å². The Bertz CT molecular complexity index is 382. The Morgan fingerprint density at radius 2 is 2.50 bits per heavy atom. The van der Waals surface area contributed by atoms with Crippen LogP contribution in [0.2, 0.25) is 0 Å². The van der Waals surface area contributed by atoms with Crippen LogP contribution in [0.1, 0.15) is 13.3 Å². The van der Waals surface area contributed by atoms with E-state index in [2.05, 4.69) is 39.0 Å². The molecule has 2 rings (SSSR count). The maximum atomic E-state index is 3.98. The first-order valence-electron chi connectivity index (χ1n) is 4.36. The van der Waals surface area contributed by atoms with Crippen LogP contribution >= 0.6 is 23.1 Å². The molecule has 0 fully saturated rings. The van der Waals surface area contributed by atoms with Gasteiger partial charge < -0.3 is 0 Å². The molecule has 1 N–H and O–H groups in total. The van der Waals surface area contributed by atoms with Crippen molar-refractivity contribution in [2.24, 2.45) is 0 Å². The highest BCUT2D eigenvalue weighted by atomic mass is 32.2. The van der Waals surface area contributed by atoms with Crippen LogP contribution in [0, 0.1) is 0 Å². The summed E-state index contributed by atoms with van der Waals surface area (Å²) in [5.41, 5.74) is 0. The minimum Gasteiger partial charge on any atom is -0.177 e. The summed E-state index contributed by atoms with van der Waals surface area (Å²) in [5, 5.41) is 16.0. The summed E-state index contributed by atoms with van der Waals surface area (Å²) in [7, 11) is 0. The van der Waals surface area contributed by atoms with E-state index in [1.165, 1.54) is 11.3 Å². The van der Waals surface area contributed by atoms with Gasteiger partial charge in [0.15, 0.2) is 0 Å². The normalized spacial score (nSPS) is 10.6. The third-order valence-corrected chi connectivity index (χ3v) is 3.94. The lowest BCUT2D eigenvalue weighted by Crippen LogP contribution is -1.80. The van der Waals surface area contributed by atoms with Gasteiger partial charge in [0, 0.05) is 4.90 Å². The van der Waals surface area contributed by atoms with Crippen LogP contribution in [0.4, 0.5) is 0 Å². The van der Waals surface area contributed by atoms with Gasteiger partial charge in [-0.25, -0.2) is 0 Å². The van der Waals surface area contributed by atoms with Gasteiger partial charge in [-0.2, -0.15) is 5.21 Å². The van der Waals surface area contributed by atoms with Crippen molar-refractivity contribution < 1.29 is 0 Å². The Morgan fingerprint density at radius 3 is 3.21 bits per heavy atom. The van der Waals surface area contributed by atoms with E-state index >= 15 is 0 Å². The van der Waals surface area contributed by atoms with E-state index in [-0.39, 0.29) is 0 Å². The topological polar surface area (TPSA) is 54.5 Å². The largest absolute Gasteiger partial charge is 0.215 e. The van der Waals surface area contributed by atoms with Crippen LogP contribution in [-0.4, -0.2) is 26.4 Å². The van der Waals surface area contributed by atoms with Crippen LogP contribution < -0.4 is 0 Å². The zero-order valence-electron chi connectivity index (χ0n) is 7.73. The Balaban J connectivity index is 2.22. The van der Waals surface area contributed by atoms with Crippen LogP contribution in [0.3, 0.4) is 0 Å². The summed E-state index contributed by atoms with van der Waals surface area (Å²) in [5.74, 6) is 1.82. The average molecular weight is 226 g/mol. The second kappa shape index (κ2) is 4.56. The van der Waals surface area contributed by atoms with E-state index < -0.39 is 0 Å². The average Bonchev–Trinajstić information content (AvgIpc) is 2.84. The number of hydrogen-bond acceptors (Lipinski definition) is 5. The molecule has 0 aliphatic rings. The van der Waals surface area contributed by atoms with Crippen LogP contribution in [0.25, 0.3) is 10.7 Å². The van der Waals surface area contributed by atoms with Gasteiger partial charge in [-0.15, -0.1) is 33.3 Å². The first-order chi connectivity index (χ1) is 6.92. The monoisotopic (exact) mass is 226 g/mol. The van der Waals surface area contributed by atoms with E-state index in [1.807, 2.05) is 11.8 Å². The van der Waals surface area contributed by atoms with Crippen molar-refractivity contribution in [1.29, 1.82) is 0 Å². The number of aromatic nitrogens is 4. The third kappa shape index (κ3) is 1.96. The van der Waals surface area contributed by atoms with E-state index in [4.69, 9.17) is 0 Å². The predicted molar refractivity (Wildman–Crippen MR) is 58.5 cm³/mol. The minimum atomic E-state index is 0.693. The minimum absolute atomic E-state index is 0.693. The number of thioether (sulfide) groups is 1. The Hall–Kier alpha value is -0.880. The third-order valence-electron chi connectivity index (χ3n) is 1.64. The van der Waals surface area contributed by atoms with E-state index in [1.54, 1.807) is 11.3 Å². The molecule has 4 nitrogen and oxygen atoms in total. The first-order valence-corrected chi connectivity index (χ1v) is 6.22. The van der Waals surface area contributed by atoms with E-state index in [0.717, 1.165) is 10.6 Å². The van der Waals surface area contributed by atoms with Crippen LogP contribution in [0.15, 0.2) is 16.3 Å². The van der Waals surface area contributed by atoms with Gasteiger partial charge in [0.25, 0.3) is 0 Å². The van der Waals surface area contributed by atoms with E-state index in [9.17, 15) is 0 Å². The van der Waals surface area contributed by atoms with Crippen molar-refractivity contribution in [1.82, 2.24) is 20.6 Å². The smallest absolute Gasteiger partial charge is 0.177 e. The standard InChI is InChI=1S/C8H10N4S2/c1-2-4-13-6-3-5-14-7(6)8-9-11-12-10-8/h3,5H,2,4H2,1H3,(H,9,10,11,12). The molecule has 0 spiro atoms. The molecule has 6 heteroatoms. The highest BCUT2D eigenvalue weighted by molar-refractivity contribution is 7.99. The lowest BCUT2D eigenvalue weighted by molar-refractivity contribution is 0.881. The molecule has 0 aliphatic carbocycles. The number of hydrogen-bond donors (Lipinski definition) is 1. The van der Waals surface area contributed by atoms with Gasteiger partial charge in [-0.1, -0.05) is 6.92 Å². The molecule has 0 radical (unpaired) electrons. The van der Waals surface area contributed by atoms with Crippen LogP contribution in [-0.2, 0) is 0 Å². The second-order valence-corrected chi connectivity index (χ2v) is 4.75. The molecule has 0 bridgehead atoms. The molecule has 0 aliphatic heterocycles. The van der Waals surface area contributed by atoms with Gasteiger partial charge in [-0.05, 0) is 28.8 Å². The highest BCUT2D eigenvalue weighted by Crippen LogP contribution is 2.34. The molecule has 0 atom stereocenters. The molecule has 0 aromatic carbocycles. The van der Waals surface area contributed by atoms with Gasteiger partial charge in [0.1, 0.15) is 0 Å². The summed E-state index contributed by atoms with van der Waals surface area (Å²) in [6.07, 6.45) is 1.17. The molecule has 0 saturated carbocycles. The molecular weight excluding hydrogens is 216 g/mol. The fourth-order valence-electron chi connectivity index (χ4n) is 1.04. The number of thiophene rings is 1. The molecular formula is C8H10N4S2. The molecule has 0 unspecified atom stereocenters. The molecule has 2 aromatic rings. The second-order valence-electron chi connectivity index (χ2n) is 2.70. The molecule has 2 aromatic heterocycles. The fourth-order valence-corrected chi connectivity index (χ4v) is 2.98. The first kappa shape index (κ1) is 9.67. The van der Waals surface area contributed by atoms with Crippen molar-refractivity contribution in [3.05, 3.63) is 11.4 Å². The lowest BCUT2D eigenvalue weighted by Gasteiger charge is -1.97. The highest BCUT2D eigenvalue weighted by Gasteiger charge is 2.10. The van der Waals surface area contributed by atoms with Crippen molar-refractivity contribution in [3.63, 3.8) is 0 Å². The Kier molecular flexibility index (Phi) is 3.15. The molecule has 74 valence electrons. The number of H-pyrrole nitrogens is 1. The number of rotatable bonds is 4. The number of aromatic amines is 1. The predicted octanol–water partition coefficient (Wildman–Crippen LogP) is 2.43. The van der Waals surface area contributed by atoms with Gasteiger partial charge in [0.05, 0.1) is 4.88 Å². The lowest BCUT2D eigenvalue weighted by atomic mass is 10.4. The zero-order chi connectivity index (χ0) is 9.80. The Labute approximate surface area is 90.1 Å². The maximum Gasteiger partial charge on any atom is 0.215 e. The van der Waals surface area contributed by atoms with Gasteiger partial charge in [-0.3, -0.25) is 0 Å². The SMILES string of the molecule is CCCSc1ccsc1-c1nn[nH]n1. The van der Waals surface area contributed by atoms with E-state index in [0.29, 0.717) is 5.82 Å². The maximum absolute atomic E-state index is 3.98. The fraction of sp³-hybridized carbons (Fsp3) is 0.375. The molecule has 14 heavy (non-hydrogen) atoms. The number of nitrogens with zero attached hydrogens (tertiary/aromatic N) is 3. The molecule has 0 amide bonds. The summed E-state index contributed by atoms with van der Waals surface area (Å²) in [6, 6.07) is 2.11. The number of tetrazole rings is 1. The summed E-state index contributed by atoms with van der Waals surface area (Å²) in [4.78, 5) is 2.36. The Morgan fingerprint density at radius 1 is 1.57 bits per heavy atom. The van der Waals surface area contributed by atoms with Gasteiger partial charge in [0.2, 0.25) is 5.82 Å². The zero-order valence-corrected chi connectivity index (χ0v) is 9.36. The van der Waals surface area contributed by atoms with Crippen molar-refractivity contribution in [2.45, 2.75) is 18.2 Å². The van der Waals surface area contributed by atoms with Gasteiger partial charge >= 0.3 is 0 Å². The van der Waals surface area contributed by atoms with Crippen molar-refractivity contribution in [2.75, 3.05) is 5.75 Å². The summed E-state index contributed by atoms with van der Waals surface area (Å²) >= 11 is 3.49. The van der Waals surface area contributed by atoms with Crippen LogP contribution in [0.5, 0.6) is 0 Å².